The number of non-ortho nitro benzene ring substituents is 1. The molecule has 8 heteroatoms. The van der Waals surface area contributed by atoms with E-state index in [0.29, 0.717) is 5.52 Å². The summed E-state index contributed by atoms with van der Waals surface area (Å²) < 4.78 is 5.31. The standard InChI is InChI=1S/C13H16N4O3S/c18-17(19)10-1-2-11-12(9-10)15-13(14-11)21-8-5-16-3-6-20-7-4-16/h1-2,9H,3-8H2,(H,14,15). The molecule has 0 radical (unpaired) electrons. The zero-order chi connectivity index (χ0) is 14.7. The summed E-state index contributed by atoms with van der Waals surface area (Å²) in [6.07, 6.45) is 0. The Labute approximate surface area is 125 Å². The van der Waals surface area contributed by atoms with Crippen LogP contribution in [0.4, 0.5) is 5.69 Å². The molecule has 21 heavy (non-hydrogen) atoms. The maximum absolute atomic E-state index is 10.7. The van der Waals surface area contributed by atoms with Crippen LogP contribution in [-0.2, 0) is 4.74 Å². The second kappa shape index (κ2) is 6.42. The highest BCUT2D eigenvalue weighted by molar-refractivity contribution is 7.99. The van der Waals surface area contributed by atoms with Gasteiger partial charge in [-0.05, 0) is 6.07 Å². The molecule has 1 fully saturated rings. The summed E-state index contributed by atoms with van der Waals surface area (Å²) in [5.74, 6) is 0.932. The van der Waals surface area contributed by atoms with Gasteiger partial charge in [0.15, 0.2) is 5.16 Å². The predicted molar refractivity (Wildman–Crippen MR) is 80.7 cm³/mol. The molecule has 1 aromatic carbocycles. The van der Waals surface area contributed by atoms with Gasteiger partial charge in [-0.2, -0.15) is 0 Å². The molecule has 1 N–H and O–H groups in total. The van der Waals surface area contributed by atoms with Gasteiger partial charge < -0.3 is 9.72 Å². The lowest BCUT2D eigenvalue weighted by atomic mass is 10.3. The third kappa shape index (κ3) is 3.52. The highest BCUT2D eigenvalue weighted by Gasteiger charge is 2.12. The number of aromatic nitrogens is 2. The van der Waals surface area contributed by atoms with Crippen LogP contribution in [0.5, 0.6) is 0 Å². The monoisotopic (exact) mass is 308 g/mol. The van der Waals surface area contributed by atoms with Crippen LogP contribution in [0.1, 0.15) is 0 Å². The van der Waals surface area contributed by atoms with Crippen LogP contribution in [-0.4, -0.2) is 58.4 Å². The van der Waals surface area contributed by atoms with Gasteiger partial charge in [-0.3, -0.25) is 15.0 Å². The summed E-state index contributed by atoms with van der Waals surface area (Å²) in [7, 11) is 0. The number of morpholine rings is 1. The van der Waals surface area contributed by atoms with E-state index in [9.17, 15) is 10.1 Å². The van der Waals surface area contributed by atoms with E-state index in [4.69, 9.17) is 4.74 Å². The van der Waals surface area contributed by atoms with Crippen LogP contribution in [0.3, 0.4) is 0 Å². The topological polar surface area (TPSA) is 84.3 Å². The second-order valence-corrected chi connectivity index (χ2v) is 5.89. The van der Waals surface area contributed by atoms with E-state index in [2.05, 4.69) is 14.9 Å². The fraction of sp³-hybridized carbons (Fsp3) is 0.462. The van der Waals surface area contributed by atoms with Gasteiger partial charge in [0.05, 0.1) is 29.2 Å². The number of hydrogen-bond donors (Lipinski definition) is 1. The van der Waals surface area contributed by atoms with Crippen LogP contribution in [0.25, 0.3) is 11.0 Å². The van der Waals surface area contributed by atoms with E-state index in [0.717, 1.165) is 49.3 Å². The van der Waals surface area contributed by atoms with Gasteiger partial charge in [-0.1, -0.05) is 11.8 Å². The van der Waals surface area contributed by atoms with Gasteiger partial charge in [0.25, 0.3) is 5.69 Å². The lowest BCUT2D eigenvalue weighted by Crippen LogP contribution is -2.37. The molecule has 0 atom stereocenters. The first-order chi connectivity index (χ1) is 10.2. The Kier molecular flexibility index (Phi) is 4.37. The predicted octanol–water partition coefficient (Wildman–Crippen LogP) is 1.90. The van der Waals surface area contributed by atoms with E-state index in [-0.39, 0.29) is 5.69 Å². The largest absolute Gasteiger partial charge is 0.379 e. The highest BCUT2D eigenvalue weighted by atomic mass is 32.2. The van der Waals surface area contributed by atoms with Crippen molar-refractivity contribution in [3.63, 3.8) is 0 Å². The fourth-order valence-electron chi connectivity index (χ4n) is 2.25. The molecular weight excluding hydrogens is 292 g/mol. The molecule has 0 amide bonds. The number of benzene rings is 1. The Hall–Kier alpha value is -1.64. The van der Waals surface area contributed by atoms with Gasteiger partial charge in [0.2, 0.25) is 0 Å². The lowest BCUT2D eigenvalue weighted by molar-refractivity contribution is -0.384. The average Bonchev–Trinajstić information content (AvgIpc) is 2.90. The molecule has 1 saturated heterocycles. The fourth-order valence-corrected chi connectivity index (χ4v) is 3.14. The van der Waals surface area contributed by atoms with E-state index in [1.165, 1.54) is 12.1 Å². The molecule has 2 heterocycles. The van der Waals surface area contributed by atoms with E-state index in [1.54, 1.807) is 17.8 Å². The summed E-state index contributed by atoms with van der Waals surface area (Å²) in [5.41, 5.74) is 1.54. The van der Waals surface area contributed by atoms with E-state index in [1.807, 2.05) is 0 Å². The highest BCUT2D eigenvalue weighted by Crippen LogP contribution is 2.23. The molecule has 0 saturated carbocycles. The molecule has 0 spiro atoms. The number of imidazole rings is 1. The third-order valence-corrected chi connectivity index (χ3v) is 4.26. The van der Waals surface area contributed by atoms with Crippen LogP contribution >= 0.6 is 11.8 Å². The third-order valence-electron chi connectivity index (χ3n) is 3.40. The lowest BCUT2D eigenvalue weighted by Gasteiger charge is -2.26. The number of nitrogens with one attached hydrogen (secondary N) is 1. The number of fused-ring (bicyclic) bond motifs is 1. The number of nitrogens with zero attached hydrogens (tertiary/aromatic N) is 3. The Morgan fingerprint density at radius 1 is 1.43 bits per heavy atom. The van der Waals surface area contributed by atoms with Crippen molar-refractivity contribution in [1.29, 1.82) is 0 Å². The molecule has 7 nitrogen and oxygen atoms in total. The number of rotatable bonds is 5. The van der Waals surface area contributed by atoms with Crippen molar-refractivity contribution < 1.29 is 9.66 Å². The smallest absolute Gasteiger partial charge is 0.271 e. The second-order valence-electron chi connectivity index (χ2n) is 4.80. The Balaban J connectivity index is 1.60. The van der Waals surface area contributed by atoms with Crippen molar-refractivity contribution >= 4 is 28.5 Å². The first-order valence-electron chi connectivity index (χ1n) is 6.79. The minimum Gasteiger partial charge on any atom is -0.379 e. The van der Waals surface area contributed by atoms with E-state index < -0.39 is 4.92 Å². The molecule has 1 aromatic heterocycles. The maximum Gasteiger partial charge on any atom is 0.271 e. The summed E-state index contributed by atoms with van der Waals surface area (Å²) >= 11 is 1.64. The summed E-state index contributed by atoms with van der Waals surface area (Å²) in [5, 5.41) is 11.6. The molecule has 3 rings (SSSR count). The molecule has 1 aliphatic rings. The van der Waals surface area contributed by atoms with Gasteiger partial charge in [-0.25, -0.2) is 4.98 Å². The molecule has 112 valence electrons. The number of H-pyrrole nitrogens is 1. The zero-order valence-corrected chi connectivity index (χ0v) is 12.3. The Morgan fingerprint density at radius 3 is 3.00 bits per heavy atom. The maximum atomic E-state index is 10.7. The number of thioether (sulfide) groups is 1. The molecule has 2 aromatic rings. The number of nitro benzene ring substituents is 1. The number of ether oxygens (including phenoxy) is 1. The minimum absolute atomic E-state index is 0.0796. The van der Waals surface area contributed by atoms with Crippen LogP contribution in [0, 0.1) is 10.1 Å². The normalized spacial score (nSPS) is 16.4. The minimum atomic E-state index is -0.397. The van der Waals surface area contributed by atoms with E-state index >= 15 is 0 Å². The van der Waals surface area contributed by atoms with Crippen molar-refractivity contribution in [2.24, 2.45) is 0 Å². The van der Waals surface area contributed by atoms with Gasteiger partial charge in [0.1, 0.15) is 0 Å². The van der Waals surface area contributed by atoms with Crippen LogP contribution in [0.15, 0.2) is 23.4 Å². The number of hydrogen-bond acceptors (Lipinski definition) is 6. The molecule has 0 aliphatic carbocycles. The van der Waals surface area contributed by atoms with Crippen molar-refractivity contribution in [3.8, 4) is 0 Å². The molecule has 0 unspecified atom stereocenters. The van der Waals surface area contributed by atoms with Gasteiger partial charge in [0, 0.05) is 37.5 Å². The molecule has 0 bridgehead atoms. The average molecular weight is 308 g/mol. The van der Waals surface area contributed by atoms with Crippen LogP contribution in [0.2, 0.25) is 0 Å². The van der Waals surface area contributed by atoms with Crippen molar-refractivity contribution in [2.45, 2.75) is 5.16 Å². The quantitative estimate of drug-likeness (QED) is 0.516. The summed E-state index contributed by atoms with van der Waals surface area (Å²) in [6.45, 7) is 4.56. The number of nitro groups is 1. The van der Waals surface area contributed by atoms with Gasteiger partial charge >= 0.3 is 0 Å². The SMILES string of the molecule is O=[N+]([O-])c1ccc2nc(SCCN3CCOCC3)[nH]c2c1. The van der Waals surface area contributed by atoms with Crippen molar-refractivity contribution in [1.82, 2.24) is 14.9 Å². The zero-order valence-electron chi connectivity index (χ0n) is 11.4. The van der Waals surface area contributed by atoms with Crippen molar-refractivity contribution in [3.05, 3.63) is 28.3 Å². The molecule has 1 aliphatic heterocycles. The van der Waals surface area contributed by atoms with Gasteiger partial charge in [-0.15, -0.1) is 0 Å². The summed E-state index contributed by atoms with van der Waals surface area (Å²) in [6, 6.07) is 4.68. The molecular formula is C13H16N4O3S. The Bertz CT molecular complexity index is 639. The van der Waals surface area contributed by atoms with Crippen LogP contribution < -0.4 is 0 Å². The first-order valence-corrected chi connectivity index (χ1v) is 7.78. The Morgan fingerprint density at radius 2 is 2.24 bits per heavy atom. The van der Waals surface area contributed by atoms with Crippen molar-refractivity contribution in [2.75, 3.05) is 38.6 Å². The summed E-state index contributed by atoms with van der Waals surface area (Å²) in [4.78, 5) is 20.3. The number of aromatic amines is 1. The first kappa shape index (κ1) is 14.3.